The summed E-state index contributed by atoms with van der Waals surface area (Å²) in [5.74, 6) is 0.711. The topological polar surface area (TPSA) is 76.7 Å². The molecular weight excluding hydrogens is 332 g/mol. The molecule has 0 fully saturated rings. The van der Waals surface area contributed by atoms with E-state index in [1.54, 1.807) is 55.6 Å². The van der Waals surface area contributed by atoms with Gasteiger partial charge in [0.2, 0.25) is 0 Å². The molecule has 0 radical (unpaired) electrons. The molecule has 0 aliphatic heterocycles. The molecule has 0 saturated heterocycles. The van der Waals surface area contributed by atoms with Crippen molar-refractivity contribution in [3.8, 4) is 11.5 Å². The standard InChI is InChI=1S/C20H24N2O4/c1-4-14(2)21-20(24)17-7-5-6-8-18(17)22-19(23)13-26-16-11-9-15(25-3)10-12-16/h5-12,14H,4,13H2,1-3H3,(H,21,24)(H,22,23)/t14-/m1/s1. The summed E-state index contributed by atoms with van der Waals surface area (Å²) in [7, 11) is 1.58. The normalized spacial score (nSPS) is 11.3. The van der Waals surface area contributed by atoms with Crippen LogP contribution in [0.15, 0.2) is 48.5 Å². The number of carbonyl (C=O) groups excluding carboxylic acids is 2. The fourth-order valence-electron chi connectivity index (χ4n) is 2.20. The lowest BCUT2D eigenvalue weighted by molar-refractivity contribution is -0.118. The van der Waals surface area contributed by atoms with E-state index < -0.39 is 0 Å². The average Bonchev–Trinajstić information content (AvgIpc) is 2.67. The summed E-state index contributed by atoms with van der Waals surface area (Å²) in [4.78, 5) is 24.5. The van der Waals surface area contributed by atoms with Crippen LogP contribution in [0.25, 0.3) is 0 Å². The minimum absolute atomic E-state index is 0.0599. The number of anilines is 1. The number of rotatable bonds is 8. The quantitative estimate of drug-likeness (QED) is 0.761. The molecule has 6 heteroatoms. The summed E-state index contributed by atoms with van der Waals surface area (Å²) in [6.07, 6.45) is 0.829. The molecule has 0 saturated carbocycles. The second-order valence-corrected chi connectivity index (χ2v) is 5.84. The summed E-state index contributed by atoms with van der Waals surface area (Å²) < 4.78 is 10.5. The van der Waals surface area contributed by atoms with Crippen molar-refractivity contribution in [2.45, 2.75) is 26.3 Å². The number of carbonyl (C=O) groups is 2. The van der Waals surface area contributed by atoms with Crippen LogP contribution in [0.3, 0.4) is 0 Å². The lowest BCUT2D eigenvalue weighted by Crippen LogP contribution is -2.33. The number of nitrogens with one attached hydrogen (secondary N) is 2. The molecule has 2 aromatic carbocycles. The zero-order valence-electron chi connectivity index (χ0n) is 15.2. The molecule has 2 amide bonds. The number of hydrogen-bond donors (Lipinski definition) is 2. The smallest absolute Gasteiger partial charge is 0.262 e. The van der Waals surface area contributed by atoms with Crippen molar-refractivity contribution in [1.29, 1.82) is 0 Å². The Morgan fingerprint density at radius 3 is 2.35 bits per heavy atom. The van der Waals surface area contributed by atoms with Crippen LogP contribution in [-0.2, 0) is 4.79 Å². The summed E-state index contributed by atoms with van der Waals surface area (Å²) in [5, 5.41) is 5.62. The third-order valence-electron chi connectivity index (χ3n) is 3.87. The molecule has 0 aromatic heterocycles. The zero-order valence-corrected chi connectivity index (χ0v) is 15.2. The van der Waals surface area contributed by atoms with Gasteiger partial charge in [-0.1, -0.05) is 19.1 Å². The van der Waals surface area contributed by atoms with Gasteiger partial charge >= 0.3 is 0 Å². The maximum absolute atomic E-state index is 12.4. The lowest BCUT2D eigenvalue weighted by atomic mass is 10.1. The predicted octanol–water partition coefficient (Wildman–Crippen LogP) is 3.24. The molecule has 0 aliphatic carbocycles. The largest absolute Gasteiger partial charge is 0.497 e. The fraction of sp³-hybridized carbons (Fsp3) is 0.300. The molecule has 1 atom stereocenters. The summed E-state index contributed by atoms with van der Waals surface area (Å²) >= 11 is 0. The Kier molecular flexibility index (Phi) is 7.02. The van der Waals surface area contributed by atoms with Crippen LogP contribution in [0.1, 0.15) is 30.6 Å². The van der Waals surface area contributed by atoms with Crippen LogP contribution >= 0.6 is 0 Å². The van der Waals surface area contributed by atoms with E-state index in [0.717, 1.165) is 6.42 Å². The average molecular weight is 356 g/mol. The molecule has 0 unspecified atom stereocenters. The van der Waals surface area contributed by atoms with Gasteiger partial charge in [-0.15, -0.1) is 0 Å². The first kappa shape index (κ1) is 19.3. The van der Waals surface area contributed by atoms with Gasteiger partial charge in [0.15, 0.2) is 6.61 Å². The molecule has 2 rings (SSSR count). The Bertz CT molecular complexity index is 744. The van der Waals surface area contributed by atoms with E-state index >= 15 is 0 Å². The van der Waals surface area contributed by atoms with Gasteiger partial charge in [0.1, 0.15) is 11.5 Å². The molecule has 0 heterocycles. The van der Waals surface area contributed by atoms with E-state index in [9.17, 15) is 9.59 Å². The van der Waals surface area contributed by atoms with E-state index in [1.807, 2.05) is 13.8 Å². The lowest BCUT2D eigenvalue weighted by Gasteiger charge is -2.15. The van der Waals surface area contributed by atoms with E-state index in [-0.39, 0.29) is 24.5 Å². The first-order valence-electron chi connectivity index (χ1n) is 8.50. The minimum Gasteiger partial charge on any atom is -0.497 e. The number of ether oxygens (including phenoxy) is 2. The van der Waals surface area contributed by atoms with Crippen LogP contribution in [0, 0.1) is 0 Å². The molecule has 0 bridgehead atoms. The zero-order chi connectivity index (χ0) is 18.9. The van der Waals surface area contributed by atoms with Crippen LogP contribution in [0.5, 0.6) is 11.5 Å². The minimum atomic E-state index is -0.343. The van der Waals surface area contributed by atoms with E-state index in [0.29, 0.717) is 22.7 Å². The van der Waals surface area contributed by atoms with Crippen LogP contribution in [0.4, 0.5) is 5.69 Å². The molecule has 138 valence electrons. The number of hydrogen-bond acceptors (Lipinski definition) is 4. The first-order valence-corrected chi connectivity index (χ1v) is 8.50. The van der Waals surface area contributed by atoms with E-state index in [2.05, 4.69) is 10.6 Å². The van der Waals surface area contributed by atoms with Gasteiger partial charge in [-0.2, -0.15) is 0 Å². The van der Waals surface area contributed by atoms with Crippen molar-refractivity contribution in [2.75, 3.05) is 19.0 Å². The van der Waals surface area contributed by atoms with Gasteiger partial charge < -0.3 is 20.1 Å². The maximum atomic E-state index is 12.4. The second-order valence-electron chi connectivity index (χ2n) is 5.84. The number of para-hydroxylation sites is 1. The maximum Gasteiger partial charge on any atom is 0.262 e. The van der Waals surface area contributed by atoms with Gasteiger partial charge in [-0.3, -0.25) is 9.59 Å². The highest BCUT2D eigenvalue weighted by Gasteiger charge is 2.14. The highest BCUT2D eigenvalue weighted by molar-refractivity contribution is 6.04. The molecule has 2 N–H and O–H groups in total. The Morgan fingerprint density at radius 1 is 1.04 bits per heavy atom. The van der Waals surface area contributed by atoms with Gasteiger partial charge in [0.05, 0.1) is 18.4 Å². The third-order valence-corrected chi connectivity index (χ3v) is 3.87. The highest BCUT2D eigenvalue weighted by atomic mass is 16.5. The Labute approximate surface area is 153 Å². The monoisotopic (exact) mass is 356 g/mol. The van der Waals surface area contributed by atoms with Gasteiger partial charge in [-0.05, 0) is 49.7 Å². The van der Waals surface area contributed by atoms with Crippen molar-refractivity contribution in [1.82, 2.24) is 5.32 Å². The van der Waals surface area contributed by atoms with Crippen LogP contribution < -0.4 is 20.1 Å². The van der Waals surface area contributed by atoms with Crippen molar-refractivity contribution in [2.24, 2.45) is 0 Å². The van der Waals surface area contributed by atoms with Crippen molar-refractivity contribution in [3.63, 3.8) is 0 Å². The number of benzene rings is 2. The van der Waals surface area contributed by atoms with Gasteiger partial charge in [-0.25, -0.2) is 0 Å². The summed E-state index contributed by atoms with van der Waals surface area (Å²) in [6.45, 7) is 3.77. The molecule has 0 aliphatic rings. The Balaban J connectivity index is 1.96. The van der Waals surface area contributed by atoms with Crippen molar-refractivity contribution < 1.29 is 19.1 Å². The fourth-order valence-corrected chi connectivity index (χ4v) is 2.20. The predicted molar refractivity (Wildman–Crippen MR) is 101 cm³/mol. The molecule has 2 aromatic rings. The van der Waals surface area contributed by atoms with Crippen molar-refractivity contribution in [3.05, 3.63) is 54.1 Å². The Hall–Kier alpha value is -3.02. The second kappa shape index (κ2) is 9.46. The molecule has 0 spiro atoms. The van der Waals surface area contributed by atoms with Gasteiger partial charge in [0, 0.05) is 6.04 Å². The van der Waals surface area contributed by atoms with Crippen molar-refractivity contribution >= 4 is 17.5 Å². The summed E-state index contributed by atoms with van der Waals surface area (Å²) in [5.41, 5.74) is 0.877. The number of methoxy groups -OCH3 is 1. The highest BCUT2D eigenvalue weighted by Crippen LogP contribution is 2.18. The molecular formula is C20H24N2O4. The third kappa shape index (κ3) is 5.51. The van der Waals surface area contributed by atoms with E-state index in [1.165, 1.54) is 0 Å². The summed E-state index contributed by atoms with van der Waals surface area (Å²) in [6, 6.07) is 13.9. The van der Waals surface area contributed by atoms with E-state index in [4.69, 9.17) is 9.47 Å². The van der Waals surface area contributed by atoms with Crippen LogP contribution in [-0.4, -0.2) is 31.6 Å². The SMILES string of the molecule is CC[C@@H](C)NC(=O)c1ccccc1NC(=O)COc1ccc(OC)cc1. The first-order chi connectivity index (χ1) is 12.5. The molecule has 6 nitrogen and oxygen atoms in total. The van der Waals surface area contributed by atoms with Gasteiger partial charge in [0.25, 0.3) is 11.8 Å². The molecule has 26 heavy (non-hydrogen) atoms. The number of amides is 2. The van der Waals surface area contributed by atoms with Crippen LogP contribution in [0.2, 0.25) is 0 Å². The Morgan fingerprint density at radius 2 is 1.69 bits per heavy atom.